The quantitative estimate of drug-likeness (QED) is 0.652. The molecule has 1 heteroatoms. The van der Waals surface area contributed by atoms with Crippen molar-refractivity contribution in [2.24, 2.45) is 17.8 Å². The highest BCUT2D eigenvalue weighted by Gasteiger charge is 2.33. The SMILES string of the molecule is C1CCC2CN(CC3CC3)CCC2C1. The molecule has 80 valence electrons. The maximum Gasteiger partial charge on any atom is 0.00124 e. The van der Waals surface area contributed by atoms with Crippen LogP contribution in [0.15, 0.2) is 0 Å². The molecule has 1 aliphatic heterocycles. The maximum atomic E-state index is 2.77. The Bertz CT molecular complexity index is 197. The molecule has 3 fully saturated rings. The predicted octanol–water partition coefficient (Wildman–Crippen LogP) is 2.91. The molecule has 0 radical (unpaired) electrons. The van der Waals surface area contributed by atoms with Crippen LogP contribution in [0.5, 0.6) is 0 Å². The van der Waals surface area contributed by atoms with Crippen molar-refractivity contribution >= 4 is 0 Å². The fourth-order valence-corrected chi connectivity index (χ4v) is 3.51. The molecule has 0 amide bonds. The second-order valence-electron chi connectivity index (χ2n) is 5.80. The Morgan fingerprint density at radius 3 is 2.43 bits per heavy atom. The molecule has 2 unspecified atom stereocenters. The van der Waals surface area contributed by atoms with Gasteiger partial charge in [-0.1, -0.05) is 19.3 Å². The lowest BCUT2D eigenvalue weighted by atomic mass is 9.75. The van der Waals surface area contributed by atoms with E-state index in [1.165, 1.54) is 58.2 Å². The largest absolute Gasteiger partial charge is 0.303 e. The van der Waals surface area contributed by atoms with E-state index in [0.717, 1.165) is 17.8 Å². The third-order valence-corrected chi connectivity index (χ3v) is 4.59. The minimum Gasteiger partial charge on any atom is -0.303 e. The Hall–Kier alpha value is -0.0400. The van der Waals surface area contributed by atoms with Gasteiger partial charge in [0.1, 0.15) is 0 Å². The molecule has 2 aliphatic carbocycles. The lowest BCUT2D eigenvalue weighted by Gasteiger charge is -2.41. The van der Waals surface area contributed by atoms with Crippen molar-refractivity contribution in [2.75, 3.05) is 19.6 Å². The summed E-state index contributed by atoms with van der Waals surface area (Å²) in [6, 6.07) is 0. The van der Waals surface area contributed by atoms with Gasteiger partial charge in [0.2, 0.25) is 0 Å². The van der Waals surface area contributed by atoms with Gasteiger partial charge in [0.05, 0.1) is 0 Å². The molecule has 0 bridgehead atoms. The molecule has 3 aliphatic rings. The highest BCUT2D eigenvalue weighted by Crippen LogP contribution is 2.38. The maximum absolute atomic E-state index is 2.77. The highest BCUT2D eigenvalue weighted by molar-refractivity contribution is 4.86. The molecule has 2 saturated carbocycles. The van der Waals surface area contributed by atoms with Crippen molar-refractivity contribution < 1.29 is 0 Å². The molecular formula is C13H23N. The summed E-state index contributed by atoms with van der Waals surface area (Å²) < 4.78 is 0. The van der Waals surface area contributed by atoms with Crippen molar-refractivity contribution in [1.29, 1.82) is 0 Å². The average molecular weight is 193 g/mol. The number of nitrogens with zero attached hydrogens (tertiary/aromatic N) is 1. The summed E-state index contributed by atoms with van der Waals surface area (Å²) in [5.41, 5.74) is 0. The number of piperidine rings is 1. The Balaban J connectivity index is 1.53. The van der Waals surface area contributed by atoms with Crippen LogP contribution in [0.25, 0.3) is 0 Å². The van der Waals surface area contributed by atoms with Crippen LogP contribution in [0, 0.1) is 17.8 Å². The van der Waals surface area contributed by atoms with E-state index < -0.39 is 0 Å². The fraction of sp³-hybridized carbons (Fsp3) is 1.00. The topological polar surface area (TPSA) is 3.24 Å². The van der Waals surface area contributed by atoms with Crippen LogP contribution in [0.3, 0.4) is 0 Å². The standard InChI is InChI=1S/C13H23N/c1-2-4-13-10-14(9-11-5-6-11)8-7-12(13)3-1/h11-13H,1-10H2. The predicted molar refractivity (Wildman–Crippen MR) is 59.2 cm³/mol. The van der Waals surface area contributed by atoms with E-state index in [1.54, 1.807) is 6.42 Å². The van der Waals surface area contributed by atoms with Crippen molar-refractivity contribution in [2.45, 2.75) is 44.9 Å². The number of fused-ring (bicyclic) bond motifs is 1. The first kappa shape index (κ1) is 9.21. The van der Waals surface area contributed by atoms with E-state index in [2.05, 4.69) is 4.90 Å². The zero-order chi connectivity index (χ0) is 9.38. The van der Waals surface area contributed by atoms with Crippen LogP contribution in [0.4, 0.5) is 0 Å². The molecule has 2 atom stereocenters. The summed E-state index contributed by atoms with van der Waals surface area (Å²) in [6.45, 7) is 4.29. The van der Waals surface area contributed by atoms with Gasteiger partial charge in [0.15, 0.2) is 0 Å². The van der Waals surface area contributed by atoms with E-state index in [1.807, 2.05) is 0 Å². The van der Waals surface area contributed by atoms with Crippen molar-refractivity contribution in [3.05, 3.63) is 0 Å². The van der Waals surface area contributed by atoms with Crippen LogP contribution in [-0.4, -0.2) is 24.5 Å². The van der Waals surface area contributed by atoms with Gasteiger partial charge in [-0.2, -0.15) is 0 Å². The van der Waals surface area contributed by atoms with E-state index in [4.69, 9.17) is 0 Å². The molecule has 0 aromatic rings. The van der Waals surface area contributed by atoms with Crippen LogP contribution in [0.1, 0.15) is 44.9 Å². The van der Waals surface area contributed by atoms with E-state index in [-0.39, 0.29) is 0 Å². The molecule has 14 heavy (non-hydrogen) atoms. The third kappa shape index (κ3) is 1.98. The normalized spacial score (nSPS) is 39.4. The first-order valence-electron chi connectivity index (χ1n) is 6.64. The van der Waals surface area contributed by atoms with Gasteiger partial charge < -0.3 is 4.90 Å². The van der Waals surface area contributed by atoms with Crippen LogP contribution in [-0.2, 0) is 0 Å². The smallest absolute Gasteiger partial charge is 0.00124 e. The average Bonchev–Trinajstić information content (AvgIpc) is 3.02. The summed E-state index contributed by atoms with van der Waals surface area (Å²) in [5.74, 6) is 3.28. The molecule has 0 N–H and O–H groups in total. The lowest BCUT2D eigenvalue weighted by molar-refractivity contribution is 0.0838. The highest BCUT2D eigenvalue weighted by atomic mass is 15.1. The molecule has 1 saturated heterocycles. The minimum atomic E-state index is 1.08. The molecule has 0 aromatic heterocycles. The molecule has 0 spiro atoms. The van der Waals surface area contributed by atoms with Crippen LogP contribution >= 0.6 is 0 Å². The summed E-state index contributed by atoms with van der Waals surface area (Å²) >= 11 is 0. The zero-order valence-electron chi connectivity index (χ0n) is 9.25. The number of rotatable bonds is 2. The van der Waals surface area contributed by atoms with Gasteiger partial charge in [-0.15, -0.1) is 0 Å². The second kappa shape index (κ2) is 3.84. The van der Waals surface area contributed by atoms with Gasteiger partial charge in [0.25, 0.3) is 0 Å². The zero-order valence-corrected chi connectivity index (χ0v) is 9.25. The second-order valence-corrected chi connectivity index (χ2v) is 5.80. The van der Waals surface area contributed by atoms with Gasteiger partial charge >= 0.3 is 0 Å². The summed E-state index contributed by atoms with van der Waals surface area (Å²) in [4.78, 5) is 2.77. The molecule has 1 heterocycles. The number of likely N-dealkylation sites (tertiary alicyclic amines) is 1. The van der Waals surface area contributed by atoms with Crippen molar-refractivity contribution in [3.8, 4) is 0 Å². The van der Waals surface area contributed by atoms with Crippen LogP contribution in [0.2, 0.25) is 0 Å². The van der Waals surface area contributed by atoms with Crippen molar-refractivity contribution in [3.63, 3.8) is 0 Å². The molecule has 3 rings (SSSR count). The molecular weight excluding hydrogens is 170 g/mol. The number of hydrogen-bond donors (Lipinski definition) is 0. The summed E-state index contributed by atoms with van der Waals surface area (Å²) in [6.07, 6.45) is 10.7. The third-order valence-electron chi connectivity index (χ3n) is 4.59. The van der Waals surface area contributed by atoms with E-state index in [0.29, 0.717) is 0 Å². The Labute approximate surface area is 87.9 Å². The fourth-order valence-electron chi connectivity index (χ4n) is 3.51. The van der Waals surface area contributed by atoms with Crippen LogP contribution < -0.4 is 0 Å². The van der Waals surface area contributed by atoms with Gasteiger partial charge in [-0.3, -0.25) is 0 Å². The van der Waals surface area contributed by atoms with Crippen molar-refractivity contribution in [1.82, 2.24) is 4.90 Å². The van der Waals surface area contributed by atoms with Gasteiger partial charge in [-0.25, -0.2) is 0 Å². The van der Waals surface area contributed by atoms with E-state index >= 15 is 0 Å². The number of hydrogen-bond acceptors (Lipinski definition) is 1. The first-order chi connectivity index (χ1) is 6.92. The summed E-state index contributed by atoms with van der Waals surface area (Å²) in [7, 11) is 0. The minimum absolute atomic E-state index is 1.08. The molecule has 1 nitrogen and oxygen atoms in total. The Morgan fingerprint density at radius 1 is 0.857 bits per heavy atom. The Morgan fingerprint density at radius 2 is 1.64 bits per heavy atom. The van der Waals surface area contributed by atoms with Gasteiger partial charge in [0, 0.05) is 13.1 Å². The Kier molecular flexibility index (Phi) is 2.53. The van der Waals surface area contributed by atoms with E-state index in [9.17, 15) is 0 Å². The monoisotopic (exact) mass is 193 g/mol. The lowest BCUT2D eigenvalue weighted by Crippen LogP contribution is -2.42. The summed E-state index contributed by atoms with van der Waals surface area (Å²) in [5, 5.41) is 0. The first-order valence-corrected chi connectivity index (χ1v) is 6.64. The van der Waals surface area contributed by atoms with Gasteiger partial charge in [-0.05, 0) is 50.0 Å². The molecule has 0 aromatic carbocycles.